The summed E-state index contributed by atoms with van der Waals surface area (Å²) < 4.78 is 14.0. The first-order valence-corrected chi connectivity index (χ1v) is 11.0. The number of benzene rings is 1. The maximum Gasteiger partial charge on any atom is 0.319 e. The van der Waals surface area contributed by atoms with Crippen LogP contribution in [0.15, 0.2) is 47.6 Å². The molecular weight excluding hydrogens is 409 g/mol. The summed E-state index contributed by atoms with van der Waals surface area (Å²) in [4.78, 5) is 22.6. The van der Waals surface area contributed by atoms with Crippen molar-refractivity contribution in [2.75, 3.05) is 29.9 Å². The zero-order valence-electron chi connectivity index (χ0n) is 18.9. The number of pyridine rings is 1. The number of nitrogens with one attached hydrogen (secondary N) is 4. The Morgan fingerprint density at radius 1 is 1.28 bits per heavy atom. The van der Waals surface area contributed by atoms with Crippen molar-refractivity contribution in [1.29, 1.82) is 0 Å². The zero-order chi connectivity index (χ0) is 22.9. The van der Waals surface area contributed by atoms with Crippen molar-refractivity contribution in [3.63, 3.8) is 0 Å². The largest absolute Gasteiger partial charge is 0.357 e. The van der Waals surface area contributed by atoms with Gasteiger partial charge in [-0.05, 0) is 57.0 Å². The number of urea groups is 1. The molecule has 1 aliphatic heterocycles. The Morgan fingerprint density at radius 2 is 2.06 bits per heavy atom. The highest BCUT2D eigenvalue weighted by Crippen LogP contribution is 2.20. The van der Waals surface area contributed by atoms with Crippen molar-refractivity contribution in [3.05, 3.63) is 54.0 Å². The maximum atomic E-state index is 14.0. The van der Waals surface area contributed by atoms with Crippen LogP contribution >= 0.6 is 0 Å². The third-order valence-corrected chi connectivity index (χ3v) is 4.96. The van der Waals surface area contributed by atoms with E-state index in [1.54, 1.807) is 12.3 Å². The Kier molecular flexibility index (Phi) is 8.24. The van der Waals surface area contributed by atoms with Crippen molar-refractivity contribution in [2.45, 2.75) is 45.8 Å². The average molecular weight is 442 g/mol. The molecule has 1 unspecified atom stereocenters. The average Bonchev–Trinajstić information content (AvgIpc) is 3.21. The molecule has 3 rings (SSSR count). The van der Waals surface area contributed by atoms with E-state index in [2.05, 4.69) is 31.2 Å². The van der Waals surface area contributed by atoms with Gasteiger partial charge in [-0.2, -0.15) is 0 Å². The first-order valence-electron chi connectivity index (χ1n) is 11.0. The van der Waals surface area contributed by atoms with E-state index in [4.69, 9.17) is 0 Å². The highest BCUT2D eigenvalue weighted by Gasteiger charge is 2.25. The van der Waals surface area contributed by atoms with Gasteiger partial charge in [-0.15, -0.1) is 0 Å². The number of carbonyl (C=O) groups excluding carboxylic acids is 1. The second-order valence-electron chi connectivity index (χ2n) is 8.03. The van der Waals surface area contributed by atoms with Gasteiger partial charge in [0, 0.05) is 43.6 Å². The van der Waals surface area contributed by atoms with E-state index < -0.39 is 0 Å². The minimum absolute atomic E-state index is 0.0792. The third-order valence-electron chi connectivity index (χ3n) is 4.96. The van der Waals surface area contributed by atoms with Crippen LogP contribution in [0.4, 0.5) is 20.7 Å². The van der Waals surface area contributed by atoms with Gasteiger partial charge in [-0.1, -0.05) is 12.1 Å². The quantitative estimate of drug-likeness (QED) is 0.391. The molecule has 0 radical (unpaired) electrons. The van der Waals surface area contributed by atoms with Crippen molar-refractivity contribution in [2.24, 2.45) is 4.99 Å². The van der Waals surface area contributed by atoms with Crippen LogP contribution in [0, 0.1) is 5.82 Å². The molecule has 0 aliphatic carbocycles. The minimum Gasteiger partial charge on any atom is -0.357 e. The number of hydrogen-bond acceptors (Lipinski definition) is 4. The molecular formula is C23H32FN7O. The molecule has 8 nitrogen and oxygen atoms in total. The van der Waals surface area contributed by atoms with Gasteiger partial charge >= 0.3 is 6.03 Å². The molecule has 1 aromatic carbocycles. The number of aromatic nitrogens is 1. The van der Waals surface area contributed by atoms with Gasteiger partial charge in [0.25, 0.3) is 0 Å². The molecule has 32 heavy (non-hydrogen) atoms. The van der Waals surface area contributed by atoms with Gasteiger partial charge in [0.05, 0.1) is 6.54 Å². The molecule has 2 amide bonds. The SMILES string of the molecule is CCNC(=NCc1ccc(NC(=O)NC(C)C)cc1)NC1CCN(c2ncccc2F)C1. The Labute approximate surface area is 188 Å². The number of aliphatic imine (C=N–C) groups is 1. The molecule has 1 saturated heterocycles. The van der Waals surface area contributed by atoms with E-state index >= 15 is 0 Å². The maximum absolute atomic E-state index is 14.0. The normalized spacial score (nSPS) is 16.2. The highest BCUT2D eigenvalue weighted by molar-refractivity contribution is 5.89. The molecule has 1 aliphatic rings. The molecule has 1 aromatic heterocycles. The topological polar surface area (TPSA) is 93.7 Å². The van der Waals surface area contributed by atoms with Gasteiger partial charge in [0.1, 0.15) is 0 Å². The molecule has 0 bridgehead atoms. The fraction of sp³-hybridized carbons (Fsp3) is 0.435. The van der Waals surface area contributed by atoms with E-state index in [1.165, 1.54) is 6.07 Å². The van der Waals surface area contributed by atoms with Gasteiger partial charge in [0.2, 0.25) is 0 Å². The Morgan fingerprint density at radius 3 is 2.75 bits per heavy atom. The first-order chi connectivity index (χ1) is 15.4. The van der Waals surface area contributed by atoms with Crippen LogP contribution in [0.5, 0.6) is 0 Å². The fourth-order valence-electron chi connectivity index (χ4n) is 3.49. The summed E-state index contributed by atoms with van der Waals surface area (Å²) in [7, 11) is 0. The Balaban J connectivity index is 1.55. The lowest BCUT2D eigenvalue weighted by Gasteiger charge is -2.20. The van der Waals surface area contributed by atoms with Crippen molar-refractivity contribution in [1.82, 2.24) is 20.9 Å². The van der Waals surface area contributed by atoms with Gasteiger partial charge in [-0.3, -0.25) is 0 Å². The van der Waals surface area contributed by atoms with Crippen LogP contribution < -0.4 is 26.2 Å². The number of anilines is 2. The first kappa shape index (κ1) is 23.3. The molecule has 172 valence electrons. The molecule has 2 aromatic rings. The summed E-state index contributed by atoms with van der Waals surface area (Å²) in [5.74, 6) is 0.821. The molecule has 1 fully saturated rings. The van der Waals surface area contributed by atoms with E-state index in [0.29, 0.717) is 18.9 Å². The predicted molar refractivity (Wildman–Crippen MR) is 126 cm³/mol. The molecule has 4 N–H and O–H groups in total. The van der Waals surface area contributed by atoms with Gasteiger partial charge in [-0.25, -0.2) is 19.2 Å². The van der Waals surface area contributed by atoms with Crippen LogP contribution in [-0.4, -0.2) is 48.7 Å². The summed E-state index contributed by atoms with van der Waals surface area (Å²) in [5, 5.41) is 12.3. The number of halogens is 1. The lowest BCUT2D eigenvalue weighted by atomic mass is 10.2. The van der Waals surface area contributed by atoms with E-state index in [1.807, 2.05) is 49.9 Å². The molecule has 9 heteroatoms. The van der Waals surface area contributed by atoms with Crippen LogP contribution in [0.25, 0.3) is 0 Å². The standard InChI is InChI=1S/C23H32FN7O/c1-4-25-22(29-19-11-13-31(15-19)21-20(24)6-5-12-26-21)27-14-17-7-9-18(10-8-17)30-23(32)28-16(2)3/h5-10,12,16,19H,4,11,13-15H2,1-3H3,(H2,25,27,29)(H2,28,30,32). The smallest absolute Gasteiger partial charge is 0.319 e. The number of nitrogens with zero attached hydrogens (tertiary/aromatic N) is 3. The zero-order valence-corrected chi connectivity index (χ0v) is 18.9. The van der Waals surface area contributed by atoms with Crippen molar-refractivity contribution >= 4 is 23.5 Å². The number of amides is 2. The molecule has 2 heterocycles. The number of guanidine groups is 1. The number of rotatable bonds is 7. The monoisotopic (exact) mass is 441 g/mol. The van der Waals surface area contributed by atoms with Crippen LogP contribution in [0.2, 0.25) is 0 Å². The second-order valence-corrected chi connectivity index (χ2v) is 8.03. The van der Waals surface area contributed by atoms with Crippen LogP contribution in [0.3, 0.4) is 0 Å². The number of carbonyl (C=O) groups is 1. The molecule has 1 atom stereocenters. The Hall–Kier alpha value is -3.36. The fourth-order valence-corrected chi connectivity index (χ4v) is 3.49. The summed E-state index contributed by atoms with van der Waals surface area (Å²) in [5.41, 5.74) is 1.76. The summed E-state index contributed by atoms with van der Waals surface area (Å²) in [6.45, 7) is 8.49. The van der Waals surface area contributed by atoms with Gasteiger partial charge < -0.3 is 26.2 Å². The van der Waals surface area contributed by atoms with Crippen molar-refractivity contribution < 1.29 is 9.18 Å². The summed E-state index contributed by atoms with van der Waals surface area (Å²) in [6, 6.07) is 10.7. The van der Waals surface area contributed by atoms with Gasteiger partial charge in [0.15, 0.2) is 17.6 Å². The summed E-state index contributed by atoms with van der Waals surface area (Å²) in [6.07, 6.45) is 2.49. The van der Waals surface area contributed by atoms with Crippen molar-refractivity contribution in [3.8, 4) is 0 Å². The van der Waals surface area contributed by atoms with Crippen LogP contribution in [0.1, 0.15) is 32.8 Å². The predicted octanol–water partition coefficient (Wildman–Crippen LogP) is 3.08. The molecule has 0 saturated carbocycles. The number of hydrogen-bond donors (Lipinski definition) is 4. The lowest BCUT2D eigenvalue weighted by Crippen LogP contribution is -2.44. The third kappa shape index (κ3) is 6.83. The lowest BCUT2D eigenvalue weighted by molar-refractivity contribution is 0.250. The van der Waals surface area contributed by atoms with E-state index in [9.17, 15) is 9.18 Å². The van der Waals surface area contributed by atoms with Crippen LogP contribution in [-0.2, 0) is 6.54 Å². The summed E-state index contributed by atoms with van der Waals surface area (Å²) >= 11 is 0. The minimum atomic E-state index is -0.298. The highest BCUT2D eigenvalue weighted by atomic mass is 19.1. The van der Waals surface area contributed by atoms with E-state index in [0.717, 1.165) is 36.7 Å². The Bertz CT molecular complexity index is 917. The molecule has 0 spiro atoms. The van der Waals surface area contributed by atoms with E-state index in [-0.39, 0.29) is 23.9 Å². The second kappa shape index (κ2) is 11.3.